The maximum atomic E-state index is 13.5. The maximum absolute atomic E-state index is 13.5. The molecule has 0 saturated carbocycles. The number of carbonyl (C=O) groups excluding carboxylic acids is 2. The Labute approximate surface area is 198 Å². The van der Waals surface area contributed by atoms with E-state index in [0.29, 0.717) is 12.0 Å². The third kappa shape index (κ3) is 4.33. The van der Waals surface area contributed by atoms with E-state index in [1.807, 2.05) is 32.6 Å². The zero-order chi connectivity index (χ0) is 22.9. The SMILES string of the molecule is CCC(CC(=O)OC)(c1ccccc1)C1(Cl)C(=O)C(Cl)=C(Cl)C(O[Si](C)(C)C)=C1Cl. The van der Waals surface area contributed by atoms with Gasteiger partial charge in [0, 0.05) is 5.41 Å². The van der Waals surface area contributed by atoms with Crippen molar-refractivity contribution < 1.29 is 18.8 Å². The van der Waals surface area contributed by atoms with Crippen LogP contribution in [0.4, 0.5) is 0 Å². The van der Waals surface area contributed by atoms with Crippen LogP contribution in [0.2, 0.25) is 19.6 Å². The van der Waals surface area contributed by atoms with Gasteiger partial charge in [-0.15, -0.1) is 11.6 Å². The molecule has 4 nitrogen and oxygen atoms in total. The minimum atomic E-state index is -2.21. The molecule has 2 rings (SSSR count). The van der Waals surface area contributed by atoms with E-state index in [1.165, 1.54) is 7.11 Å². The van der Waals surface area contributed by atoms with Crippen LogP contribution in [0.1, 0.15) is 25.3 Å². The van der Waals surface area contributed by atoms with Gasteiger partial charge >= 0.3 is 5.97 Å². The van der Waals surface area contributed by atoms with E-state index in [0.717, 1.165) is 0 Å². The van der Waals surface area contributed by atoms with Crippen LogP contribution in [0.3, 0.4) is 0 Å². The molecule has 1 aliphatic carbocycles. The second kappa shape index (κ2) is 9.25. The van der Waals surface area contributed by atoms with E-state index in [-0.39, 0.29) is 27.3 Å². The zero-order valence-corrected chi connectivity index (χ0v) is 21.5. The van der Waals surface area contributed by atoms with Crippen LogP contribution in [-0.2, 0) is 24.2 Å². The van der Waals surface area contributed by atoms with Gasteiger partial charge in [0.05, 0.1) is 18.6 Å². The first kappa shape index (κ1) is 25.3. The van der Waals surface area contributed by atoms with Crippen LogP contribution in [0.5, 0.6) is 0 Å². The molecular weight excluding hydrogens is 486 g/mol. The highest BCUT2D eigenvalue weighted by Gasteiger charge is 2.62. The van der Waals surface area contributed by atoms with Crippen molar-refractivity contribution in [3.8, 4) is 0 Å². The fourth-order valence-electron chi connectivity index (χ4n) is 3.60. The number of ketones is 1. The number of esters is 1. The smallest absolute Gasteiger partial charge is 0.306 e. The Morgan fingerprint density at radius 2 is 1.67 bits per heavy atom. The molecule has 1 aromatic rings. The Bertz CT molecular complexity index is 907. The summed E-state index contributed by atoms with van der Waals surface area (Å²) in [5.74, 6) is -1.14. The predicted octanol–water partition coefficient (Wildman–Crippen LogP) is 6.45. The minimum absolute atomic E-state index is 0.0794. The summed E-state index contributed by atoms with van der Waals surface area (Å²) in [7, 11) is -0.935. The van der Waals surface area contributed by atoms with Crippen molar-refractivity contribution >= 4 is 66.5 Å². The minimum Gasteiger partial charge on any atom is -0.542 e. The van der Waals surface area contributed by atoms with E-state index in [4.69, 9.17) is 55.6 Å². The second-order valence-electron chi connectivity index (χ2n) is 8.03. The van der Waals surface area contributed by atoms with E-state index >= 15 is 0 Å². The summed E-state index contributed by atoms with van der Waals surface area (Å²) in [5.41, 5.74) is -0.614. The Hall–Kier alpha value is -0.983. The summed E-state index contributed by atoms with van der Waals surface area (Å²) in [4.78, 5) is 24.1. The molecule has 1 aromatic carbocycles. The van der Waals surface area contributed by atoms with E-state index < -0.39 is 30.4 Å². The fraction of sp³-hybridized carbons (Fsp3) is 0.429. The highest BCUT2D eigenvalue weighted by molar-refractivity contribution is 6.70. The lowest BCUT2D eigenvalue weighted by Gasteiger charge is -2.47. The standard InChI is InChI=1S/C21H24Cl4O4Si/c1-6-20(12-14(26)28-2,13-10-8-7-9-11-13)21(25)18(24)17(29-30(3,4)5)15(22)16(23)19(21)27/h7-11H,6,12H2,1-5H3. The number of rotatable bonds is 7. The molecule has 2 atom stereocenters. The molecule has 0 N–H and O–H groups in total. The first-order chi connectivity index (χ1) is 13.9. The molecule has 0 amide bonds. The van der Waals surface area contributed by atoms with E-state index in [2.05, 4.69) is 0 Å². The van der Waals surface area contributed by atoms with Gasteiger partial charge in [-0.25, -0.2) is 0 Å². The molecule has 0 radical (unpaired) electrons. The molecule has 0 bridgehead atoms. The van der Waals surface area contributed by atoms with Crippen LogP contribution < -0.4 is 0 Å². The lowest BCUT2D eigenvalue weighted by Crippen LogP contribution is -2.56. The molecule has 0 fully saturated rings. The molecule has 0 aromatic heterocycles. The van der Waals surface area contributed by atoms with Crippen LogP contribution in [0, 0.1) is 0 Å². The number of alkyl halides is 1. The molecule has 0 aliphatic heterocycles. The summed E-state index contributed by atoms with van der Waals surface area (Å²) in [6.45, 7) is 7.64. The number of halogens is 4. The summed E-state index contributed by atoms with van der Waals surface area (Å²) in [5, 5.41) is -0.440. The Morgan fingerprint density at radius 1 is 1.10 bits per heavy atom. The van der Waals surface area contributed by atoms with Crippen molar-refractivity contribution in [3.05, 3.63) is 56.8 Å². The van der Waals surface area contributed by atoms with Gasteiger partial charge in [-0.2, -0.15) is 0 Å². The third-order valence-corrected chi connectivity index (χ3v) is 7.99. The van der Waals surface area contributed by atoms with Crippen LogP contribution in [0.15, 0.2) is 51.2 Å². The molecule has 1 aliphatic rings. The van der Waals surface area contributed by atoms with Gasteiger partial charge in [-0.05, 0) is 31.6 Å². The lowest BCUT2D eigenvalue weighted by molar-refractivity contribution is -0.142. The number of carbonyl (C=O) groups is 2. The number of benzene rings is 1. The number of hydrogen-bond donors (Lipinski definition) is 0. The quantitative estimate of drug-likeness (QED) is 0.241. The number of Topliss-reactive ketones (excluding diaryl/α,β-unsaturated/α-hetero) is 1. The second-order valence-corrected chi connectivity index (χ2v) is 14.2. The fourth-order valence-corrected chi connectivity index (χ4v) is 5.98. The molecular formula is C21H24Cl4O4Si. The molecule has 0 heterocycles. The van der Waals surface area contributed by atoms with E-state index in [9.17, 15) is 9.59 Å². The predicted molar refractivity (Wildman–Crippen MR) is 125 cm³/mol. The van der Waals surface area contributed by atoms with Crippen LogP contribution >= 0.6 is 46.4 Å². The third-order valence-electron chi connectivity index (χ3n) is 5.08. The summed E-state index contributed by atoms with van der Waals surface area (Å²) in [6.07, 6.45) is 0.0943. The molecule has 2 unspecified atom stereocenters. The van der Waals surface area contributed by atoms with Crippen molar-refractivity contribution in [2.24, 2.45) is 0 Å². The van der Waals surface area contributed by atoms with Crippen molar-refractivity contribution in [1.82, 2.24) is 0 Å². The average molecular weight is 510 g/mol. The van der Waals surface area contributed by atoms with Gasteiger partial charge in [0.2, 0.25) is 14.1 Å². The van der Waals surface area contributed by atoms with Gasteiger partial charge < -0.3 is 9.16 Å². The number of ether oxygens (including phenoxy) is 1. The topological polar surface area (TPSA) is 52.6 Å². The first-order valence-corrected chi connectivity index (χ1v) is 14.3. The molecule has 0 spiro atoms. The molecule has 9 heteroatoms. The average Bonchev–Trinajstić information content (AvgIpc) is 2.72. The van der Waals surface area contributed by atoms with Gasteiger partial charge in [-0.1, -0.05) is 72.1 Å². The molecule has 30 heavy (non-hydrogen) atoms. The van der Waals surface area contributed by atoms with Crippen molar-refractivity contribution in [2.45, 2.75) is 49.7 Å². The summed E-state index contributed by atoms with van der Waals surface area (Å²) >= 11 is 26.6. The Morgan fingerprint density at radius 3 is 2.13 bits per heavy atom. The molecule has 0 saturated heterocycles. The van der Waals surface area contributed by atoms with Crippen molar-refractivity contribution in [2.75, 3.05) is 7.11 Å². The Balaban J connectivity index is 2.89. The Kier molecular flexibility index (Phi) is 7.80. The summed E-state index contributed by atoms with van der Waals surface area (Å²) < 4.78 is 11.0. The number of hydrogen-bond acceptors (Lipinski definition) is 4. The van der Waals surface area contributed by atoms with Gasteiger partial charge in [0.15, 0.2) is 4.87 Å². The normalized spacial score (nSPS) is 22.1. The maximum Gasteiger partial charge on any atom is 0.306 e. The number of allylic oxidation sites excluding steroid dienone is 3. The summed E-state index contributed by atoms with van der Waals surface area (Å²) in [6, 6.07) is 9.01. The highest BCUT2D eigenvalue weighted by Crippen LogP contribution is 2.57. The number of methoxy groups -OCH3 is 1. The van der Waals surface area contributed by atoms with Crippen molar-refractivity contribution in [1.29, 1.82) is 0 Å². The lowest BCUT2D eigenvalue weighted by atomic mass is 9.63. The highest BCUT2D eigenvalue weighted by atomic mass is 35.5. The zero-order valence-electron chi connectivity index (χ0n) is 17.4. The van der Waals surface area contributed by atoms with Gasteiger partial charge in [0.1, 0.15) is 15.8 Å². The van der Waals surface area contributed by atoms with E-state index in [1.54, 1.807) is 24.3 Å². The van der Waals surface area contributed by atoms with Gasteiger partial charge in [-0.3, -0.25) is 9.59 Å². The van der Waals surface area contributed by atoms with Crippen LogP contribution in [-0.4, -0.2) is 32.1 Å². The largest absolute Gasteiger partial charge is 0.542 e. The molecule has 164 valence electrons. The van der Waals surface area contributed by atoms with Crippen molar-refractivity contribution in [3.63, 3.8) is 0 Å². The first-order valence-electron chi connectivity index (χ1n) is 9.36. The van der Waals surface area contributed by atoms with Crippen LogP contribution in [0.25, 0.3) is 0 Å². The van der Waals surface area contributed by atoms with Gasteiger partial charge in [0.25, 0.3) is 0 Å². The monoisotopic (exact) mass is 508 g/mol.